The summed E-state index contributed by atoms with van der Waals surface area (Å²) in [5.41, 5.74) is 1.81. The quantitative estimate of drug-likeness (QED) is 0.751. The molecular weight excluding hydrogens is 307 g/mol. The van der Waals surface area contributed by atoms with Gasteiger partial charge in [0, 0.05) is 24.9 Å². The summed E-state index contributed by atoms with van der Waals surface area (Å²) < 4.78 is 18.5. The van der Waals surface area contributed by atoms with Crippen LogP contribution in [0.5, 0.6) is 0 Å². The van der Waals surface area contributed by atoms with Crippen molar-refractivity contribution in [3.63, 3.8) is 0 Å². The van der Waals surface area contributed by atoms with Gasteiger partial charge in [-0.1, -0.05) is 42.5 Å². The van der Waals surface area contributed by atoms with Crippen molar-refractivity contribution in [2.75, 3.05) is 0 Å². The number of nitrogens with one attached hydrogen (secondary N) is 1. The first-order chi connectivity index (χ1) is 11.7. The highest BCUT2D eigenvalue weighted by Crippen LogP contribution is 2.20. The summed E-state index contributed by atoms with van der Waals surface area (Å²) in [6.45, 7) is 0.375. The molecule has 4 nitrogen and oxygen atoms in total. The highest BCUT2D eigenvalue weighted by molar-refractivity contribution is 5.76. The first kappa shape index (κ1) is 15.9. The predicted molar refractivity (Wildman–Crippen MR) is 88.5 cm³/mol. The highest BCUT2D eigenvalue weighted by Gasteiger charge is 2.08. The monoisotopic (exact) mass is 324 g/mol. The normalized spacial score (nSPS) is 10.5. The Morgan fingerprint density at radius 2 is 1.83 bits per heavy atom. The van der Waals surface area contributed by atoms with E-state index in [1.54, 1.807) is 18.3 Å². The molecule has 0 saturated heterocycles. The van der Waals surface area contributed by atoms with Crippen LogP contribution in [0.15, 0.2) is 65.2 Å². The van der Waals surface area contributed by atoms with Gasteiger partial charge in [-0.2, -0.15) is 0 Å². The van der Waals surface area contributed by atoms with E-state index >= 15 is 0 Å². The van der Waals surface area contributed by atoms with Gasteiger partial charge in [-0.15, -0.1) is 0 Å². The Kier molecular flexibility index (Phi) is 5.01. The first-order valence-electron chi connectivity index (χ1n) is 7.72. The van der Waals surface area contributed by atoms with Gasteiger partial charge in [0.15, 0.2) is 11.7 Å². The Hall–Kier alpha value is -2.95. The van der Waals surface area contributed by atoms with Gasteiger partial charge in [-0.25, -0.2) is 9.37 Å². The molecule has 0 atom stereocenters. The van der Waals surface area contributed by atoms with E-state index in [0.29, 0.717) is 24.6 Å². The Morgan fingerprint density at radius 3 is 2.58 bits per heavy atom. The molecule has 3 rings (SSSR count). The van der Waals surface area contributed by atoms with Crippen molar-refractivity contribution in [3.05, 3.63) is 78.1 Å². The number of benzene rings is 2. The molecule has 1 N–H and O–H groups in total. The van der Waals surface area contributed by atoms with Crippen molar-refractivity contribution in [2.45, 2.75) is 19.4 Å². The first-order valence-corrected chi connectivity index (χ1v) is 7.72. The van der Waals surface area contributed by atoms with Crippen LogP contribution in [0, 0.1) is 5.82 Å². The molecule has 0 fully saturated rings. The van der Waals surface area contributed by atoms with Crippen LogP contribution in [0.3, 0.4) is 0 Å². The number of aromatic nitrogens is 1. The molecule has 2 aromatic carbocycles. The zero-order valence-electron chi connectivity index (χ0n) is 13.0. The fraction of sp³-hybridized carbons (Fsp3) is 0.158. The van der Waals surface area contributed by atoms with Gasteiger partial charge in [0.1, 0.15) is 5.82 Å². The largest absolute Gasteiger partial charge is 0.441 e. The van der Waals surface area contributed by atoms with Crippen LogP contribution in [-0.4, -0.2) is 10.9 Å². The summed E-state index contributed by atoms with van der Waals surface area (Å²) >= 11 is 0. The maximum absolute atomic E-state index is 12.8. The average molecular weight is 324 g/mol. The second-order valence-corrected chi connectivity index (χ2v) is 5.39. The SMILES string of the molecule is O=C(CCc1ncc(-c2ccccc2)o1)NCc1ccc(F)cc1. The summed E-state index contributed by atoms with van der Waals surface area (Å²) in [4.78, 5) is 16.1. The number of amides is 1. The Morgan fingerprint density at radius 1 is 1.08 bits per heavy atom. The van der Waals surface area contributed by atoms with Crippen LogP contribution in [0.1, 0.15) is 17.9 Å². The molecule has 0 aliphatic carbocycles. The van der Waals surface area contributed by atoms with Crippen molar-refractivity contribution in [2.24, 2.45) is 0 Å². The van der Waals surface area contributed by atoms with Crippen molar-refractivity contribution in [1.29, 1.82) is 0 Å². The summed E-state index contributed by atoms with van der Waals surface area (Å²) in [7, 11) is 0. The van der Waals surface area contributed by atoms with Gasteiger partial charge in [0.25, 0.3) is 0 Å². The van der Waals surface area contributed by atoms with E-state index in [0.717, 1.165) is 11.1 Å². The van der Waals surface area contributed by atoms with Crippen molar-refractivity contribution >= 4 is 5.91 Å². The van der Waals surface area contributed by atoms with E-state index in [-0.39, 0.29) is 18.1 Å². The van der Waals surface area contributed by atoms with Gasteiger partial charge in [-0.05, 0) is 17.7 Å². The number of carbonyl (C=O) groups excluding carboxylic acids is 1. The average Bonchev–Trinajstić information content (AvgIpc) is 3.09. The molecule has 122 valence electrons. The lowest BCUT2D eigenvalue weighted by molar-refractivity contribution is -0.121. The third-order valence-corrected chi connectivity index (χ3v) is 3.58. The van der Waals surface area contributed by atoms with E-state index in [4.69, 9.17) is 4.42 Å². The zero-order chi connectivity index (χ0) is 16.8. The smallest absolute Gasteiger partial charge is 0.220 e. The summed E-state index contributed by atoms with van der Waals surface area (Å²) in [6, 6.07) is 15.7. The molecule has 0 unspecified atom stereocenters. The third-order valence-electron chi connectivity index (χ3n) is 3.58. The molecule has 3 aromatic rings. The number of nitrogens with zero attached hydrogens (tertiary/aromatic N) is 1. The summed E-state index contributed by atoms with van der Waals surface area (Å²) in [5, 5.41) is 2.80. The third kappa shape index (κ3) is 4.29. The molecular formula is C19H17FN2O2. The topological polar surface area (TPSA) is 55.1 Å². The molecule has 1 amide bonds. The maximum Gasteiger partial charge on any atom is 0.220 e. The van der Waals surface area contributed by atoms with Crippen LogP contribution in [0.4, 0.5) is 4.39 Å². The molecule has 0 bridgehead atoms. The van der Waals surface area contributed by atoms with Gasteiger partial charge in [0.2, 0.25) is 5.91 Å². The lowest BCUT2D eigenvalue weighted by atomic mass is 10.2. The molecule has 24 heavy (non-hydrogen) atoms. The molecule has 0 radical (unpaired) electrons. The van der Waals surface area contributed by atoms with E-state index in [9.17, 15) is 9.18 Å². The number of halogens is 1. The molecule has 0 saturated carbocycles. The number of aryl methyl sites for hydroxylation is 1. The molecule has 0 aliphatic rings. The standard InChI is InChI=1S/C19H17FN2O2/c20-16-8-6-14(7-9-16)12-21-18(23)10-11-19-22-13-17(24-19)15-4-2-1-3-5-15/h1-9,13H,10-12H2,(H,21,23). The second-order valence-electron chi connectivity index (χ2n) is 5.39. The lowest BCUT2D eigenvalue weighted by Crippen LogP contribution is -2.23. The number of carbonyl (C=O) groups is 1. The zero-order valence-corrected chi connectivity index (χ0v) is 13.0. The van der Waals surface area contributed by atoms with E-state index in [1.807, 2.05) is 30.3 Å². The molecule has 5 heteroatoms. The van der Waals surface area contributed by atoms with Gasteiger partial charge in [-0.3, -0.25) is 4.79 Å². The van der Waals surface area contributed by atoms with Crippen LogP contribution >= 0.6 is 0 Å². The van der Waals surface area contributed by atoms with E-state index in [2.05, 4.69) is 10.3 Å². The number of hydrogen-bond acceptors (Lipinski definition) is 3. The van der Waals surface area contributed by atoms with Crippen LogP contribution in [0.25, 0.3) is 11.3 Å². The van der Waals surface area contributed by atoms with E-state index in [1.165, 1.54) is 12.1 Å². The van der Waals surface area contributed by atoms with Crippen LogP contribution in [-0.2, 0) is 17.8 Å². The molecule has 0 spiro atoms. The number of oxazole rings is 1. The minimum Gasteiger partial charge on any atom is -0.441 e. The Balaban J connectivity index is 1.48. The van der Waals surface area contributed by atoms with E-state index < -0.39 is 0 Å². The fourth-order valence-electron chi connectivity index (χ4n) is 2.27. The van der Waals surface area contributed by atoms with Gasteiger partial charge >= 0.3 is 0 Å². The summed E-state index contributed by atoms with van der Waals surface area (Å²) in [6.07, 6.45) is 2.39. The van der Waals surface area contributed by atoms with Crippen LogP contribution < -0.4 is 5.32 Å². The number of hydrogen-bond donors (Lipinski definition) is 1. The van der Waals surface area contributed by atoms with Gasteiger partial charge < -0.3 is 9.73 Å². The second kappa shape index (κ2) is 7.55. The Labute approximate surface area is 139 Å². The maximum atomic E-state index is 12.8. The Bertz CT molecular complexity index is 798. The lowest BCUT2D eigenvalue weighted by Gasteiger charge is -2.04. The molecule has 0 aliphatic heterocycles. The minimum atomic E-state index is -0.289. The van der Waals surface area contributed by atoms with Crippen molar-refractivity contribution < 1.29 is 13.6 Å². The van der Waals surface area contributed by atoms with Crippen LogP contribution in [0.2, 0.25) is 0 Å². The van der Waals surface area contributed by atoms with Gasteiger partial charge in [0.05, 0.1) is 6.20 Å². The van der Waals surface area contributed by atoms with Crippen molar-refractivity contribution in [3.8, 4) is 11.3 Å². The predicted octanol–water partition coefficient (Wildman–Crippen LogP) is 3.73. The highest BCUT2D eigenvalue weighted by atomic mass is 19.1. The fourth-order valence-corrected chi connectivity index (χ4v) is 2.27. The number of rotatable bonds is 6. The van der Waals surface area contributed by atoms with Crippen molar-refractivity contribution in [1.82, 2.24) is 10.3 Å². The molecule has 1 aromatic heterocycles. The molecule has 1 heterocycles. The minimum absolute atomic E-state index is 0.0983. The summed E-state index contributed by atoms with van der Waals surface area (Å²) in [5.74, 6) is 0.838.